The number of unbranched alkanes of at least 4 members (excludes halogenated alkanes) is 2. The van der Waals surface area contributed by atoms with Gasteiger partial charge in [0.05, 0.1) is 5.75 Å². The van der Waals surface area contributed by atoms with Gasteiger partial charge in [0.25, 0.3) is 0 Å². The highest BCUT2D eigenvalue weighted by Crippen LogP contribution is 2.11. The van der Waals surface area contributed by atoms with Crippen LogP contribution in [0.1, 0.15) is 31.7 Å². The third-order valence-corrected chi connectivity index (χ3v) is 6.17. The minimum absolute atomic E-state index is 0.215. The van der Waals surface area contributed by atoms with Crippen LogP contribution in [-0.2, 0) is 16.4 Å². The van der Waals surface area contributed by atoms with E-state index < -0.39 is 10.0 Å². The second-order valence-corrected chi connectivity index (χ2v) is 8.09. The predicted molar refractivity (Wildman–Crippen MR) is 91.5 cm³/mol. The van der Waals surface area contributed by atoms with E-state index in [0.29, 0.717) is 19.5 Å². The van der Waals surface area contributed by atoms with Crippen molar-refractivity contribution < 1.29 is 8.42 Å². The Balaban J connectivity index is 1.77. The van der Waals surface area contributed by atoms with Crippen LogP contribution in [0.2, 0.25) is 0 Å². The summed E-state index contributed by atoms with van der Waals surface area (Å²) in [7, 11) is -3.12. The van der Waals surface area contributed by atoms with Crippen LogP contribution in [0.15, 0.2) is 30.3 Å². The smallest absolute Gasteiger partial charge is 0.214 e. The van der Waals surface area contributed by atoms with Crippen molar-refractivity contribution in [1.82, 2.24) is 9.21 Å². The van der Waals surface area contributed by atoms with Crippen molar-refractivity contribution in [3.63, 3.8) is 0 Å². The topological polar surface area (TPSA) is 40.6 Å². The monoisotopic (exact) mass is 324 g/mol. The quantitative estimate of drug-likeness (QED) is 0.689. The van der Waals surface area contributed by atoms with Gasteiger partial charge in [-0.1, -0.05) is 50.1 Å². The van der Waals surface area contributed by atoms with E-state index in [9.17, 15) is 8.42 Å². The molecule has 1 aromatic carbocycles. The number of hydrogen-bond acceptors (Lipinski definition) is 3. The van der Waals surface area contributed by atoms with Crippen LogP contribution in [0, 0.1) is 0 Å². The molecule has 1 fully saturated rings. The fourth-order valence-corrected chi connectivity index (χ4v) is 4.31. The van der Waals surface area contributed by atoms with Crippen molar-refractivity contribution in [3.8, 4) is 0 Å². The molecule has 124 valence electrons. The first-order valence-corrected chi connectivity index (χ1v) is 9.97. The summed E-state index contributed by atoms with van der Waals surface area (Å²) >= 11 is 0. The lowest BCUT2D eigenvalue weighted by Gasteiger charge is -2.34. The number of hydrogen-bond donors (Lipinski definition) is 0. The molecule has 0 spiro atoms. The van der Waals surface area contributed by atoms with E-state index in [0.717, 1.165) is 25.2 Å². The second kappa shape index (κ2) is 8.65. The Bertz CT molecular complexity index is 523. The van der Waals surface area contributed by atoms with E-state index in [2.05, 4.69) is 11.8 Å². The van der Waals surface area contributed by atoms with Crippen molar-refractivity contribution in [1.29, 1.82) is 0 Å². The van der Waals surface area contributed by atoms with Crippen molar-refractivity contribution in [2.24, 2.45) is 0 Å². The molecular weight excluding hydrogens is 296 g/mol. The molecule has 1 aliphatic heterocycles. The van der Waals surface area contributed by atoms with Crippen molar-refractivity contribution in [2.45, 2.75) is 32.6 Å². The van der Waals surface area contributed by atoms with E-state index >= 15 is 0 Å². The Morgan fingerprint density at radius 2 is 1.68 bits per heavy atom. The summed E-state index contributed by atoms with van der Waals surface area (Å²) in [6.07, 6.45) is 4.31. The highest BCUT2D eigenvalue weighted by Gasteiger charge is 2.26. The molecule has 0 saturated carbocycles. The normalized spacial score (nSPS) is 17.7. The summed E-state index contributed by atoms with van der Waals surface area (Å²) in [4.78, 5) is 2.39. The maximum Gasteiger partial charge on any atom is 0.214 e. The van der Waals surface area contributed by atoms with Crippen molar-refractivity contribution in [2.75, 3.05) is 38.5 Å². The highest BCUT2D eigenvalue weighted by atomic mass is 32.2. The molecule has 0 amide bonds. The largest absolute Gasteiger partial charge is 0.301 e. The molecule has 4 nitrogen and oxygen atoms in total. The van der Waals surface area contributed by atoms with Crippen molar-refractivity contribution >= 4 is 10.0 Å². The molecule has 2 rings (SSSR count). The summed E-state index contributed by atoms with van der Waals surface area (Å²) < 4.78 is 26.5. The molecular formula is C17H28N2O2S. The molecule has 1 aliphatic rings. The number of piperazine rings is 1. The Hall–Kier alpha value is -0.910. The Kier molecular flexibility index (Phi) is 6.86. The average Bonchev–Trinajstić information content (AvgIpc) is 2.55. The average molecular weight is 324 g/mol. The maximum atomic E-state index is 12.4. The molecule has 22 heavy (non-hydrogen) atoms. The first kappa shape index (κ1) is 17.4. The summed E-state index contributed by atoms with van der Waals surface area (Å²) in [5, 5.41) is 0. The van der Waals surface area contributed by atoms with Gasteiger partial charge in [-0.15, -0.1) is 0 Å². The van der Waals surface area contributed by atoms with Gasteiger partial charge >= 0.3 is 0 Å². The van der Waals surface area contributed by atoms with Gasteiger partial charge in [0.15, 0.2) is 0 Å². The zero-order valence-corrected chi connectivity index (χ0v) is 14.4. The van der Waals surface area contributed by atoms with Crippen molar-refractivity contribution in [3.05, 3.63) is 35.9 Å². The van der Waals surface area contributed by atoms with Crippen LogP contribution in [0.25, 0.3) is 0 Å². The van der Waals surface area contributed by atoms with E-state index in [4.69, 9.17) is 0 Å². The summed E-state index contributed by atoms with van der Waals surface area (Å²) in [5.74, 6) is 0.215. The van der Waals surface area contributed by atoms with Gasteiger partial charge in [-0.2, -0.15) is 4.31 Å². The molecule has 0 radical (unpaired) electrons. The van der Waals surface area contributed by atoms with Crippen LogP contribution >= 0.6 is 0 Å². The van der Waals surface area contributed by atoms with Gasteiger partial charge in [-0.25, -0.2) is 8.42 Å². The van der Waals surface area contributed by atoms with Gasteiger partial charge < -0.3 is 4.90 Å². The fourth-order valence-electron chi connectivity index (χ4n) is 2.84. The molecule has 0 bridgehead atoms. The van der Waals surface area contributed by atoms with E-state index in [1.54, 1.807) is 4.31 Å². The summed E-state index contributed by atoms with van der Waals surface area (Å²) in [6.45, 7) is 6.33. The van der Waals surface area contributed by atoms with Gasteiger partial charge in [-0.3, -0.25) is 0 Å². The van der Waals surface area contributed by atoms with Gasteiger partial charge in [0.1, 0.15) is 0 Å². The number of rotatable bonds is 8. The lowest BCUT2D eigenvalue weighted by Crippen LogP contribution is -2.49. The Labute approximate surface area is 135 Å². The van der Waals surface area contributed by atoms with Crippen LogP contribution < -0.4 is 0 Å². The molecule has 0 atom stereocenters. The van der Waals surface area contributed by atoms with Gasteiger partial charge in [-0.05, 0) is 24.9 Å². The van der Waals surface area contributed by atoms with Crippen LogP contribution in [-0.4, -0.2) is 56.1 Å². The summed E-state index contributed by atoms with van der Waals surface area (Å²) in [5.41, 5.74) is 1.09. The van der Waals surface area contributed by atoms with Crippen LogP contribution in [0.4, 0.5) is 0 Å². The number of sulfonamides is 1. The van der Waals surface area contributed by atoms with E-state index in [1.807, 2.05) is 30.3 Å². The molecule has 1 saturated heterocycles. The minimum atomic E-state index is -3.12. The third kappa shape index (κ3) is 5.38. The van der Waals surface area contributed by atoms with Gasteiger partial charge in [0, 0.05) is 26.2 Å². The van der Waals surface area contributed by atoms with E-state index in [1.165, 1.54) is 19.3 Å². The molecule has 1 heterocycles. The minimum Gasteiger partial charge on any atom is -0.301 e. The second-order valence-electron chi connectivity index (χ2n) is 6.00. The van der Waals surface area contributed by atoms with E-state index in [-0.39, 0.29) is 5.75 Å². The lowest BCUT2D eigenvalue weighted by atomic mass is 10.2. The van der Waals surface area contributed by atoms with Crippen LogP contribution in [0.3, 0.4) is 0 Å². The standard InChI is InChI=1S/C17H28N2O2S/c1-2-3-7-11-18-12-14-19(15-13-18)22(20,21)16-10-17-8-5-4-6-9-17/h4-6,8-9H,2-3,7,10-16H2,1H3. The molecule has 0 aromatic heterocycles. The SMILES string of the molecule is CCCCCN1CCN(S(=O)(=O)CCc2ccccc2)CC1. The van der Waals surface area contributed by atoms with Crippen LogP contribution in [0.5, 0.6) is 0 Å². The third-order valence-electron chi connectivity index (χ3n) is 4.29. The number of nitrogens with zero attached hydrogens (tertiary/aromatic N) is 2. The first-order chi connectivity index (χ1) is 10.6. The Morgan fingerprint density at radius 1 is 1.00 bits per heavy atom. The Morgan fingerprint density at radius 3 is 2.32 bits per heavy atom. The van der Waals surface area contributed by atoms with Gasteiger partial charge in [0.2, 0.25) is 10.0 Å². The molecule has 0 unspecified atom stereocenters. The first-order valence-electron chi connectivity index (χ1n) is 8.36. The lowest BCUT2D eigenvalue weighted by molar-refractivity contribution is 0.185. The maximum absolute atomic E-state index is 12.4. The highest BCUT2D eigenvalue weighted by molar-refractivity contribution is 7.89. The molecule has 1 aromatic rings. The number of benzene rings is 1. The fraction of sp³-hybridized carbons (Fsp3) is 0.647. The zero-order valence-electron chi connectivity index (χ0n) is 13.6. The molecule has 0 N–H and O–H groups in total. The zero-order chi connectivity index (χ0) is 15.8. The summed E-state index contributed by atoms with van der Waals surface area (Å²) in [6, 6.07) is 9.84. The predicted octanol–water partition coefficient (Wildman–Crippen LogP) is 2.37. The molecule has 0 aliphatic carbocycles. The number of aryl methyl sites for hydroxylation is 1. The molecule has 5 heteroatoms.